The van der Waals surface area contributed by atoms with Crippen molar-refractivity contribution in [1.82, 2.24) is 0 Å². The number of hydrogen-bond acceptors (Lipinski definition) is 3. The van der Waals surface area contributed by atoms with E-state index in [-0.39, 0.29) is 12.8 Å². The zero-order chi connectivity index (χ0) is 14.9. The second kappa shape index (κ2) is 5.20. The summed E-state index contributed by atoms with van der Waals surface area (Å²) in [6, 6.07) is 5.86. The Balaban J connectivity index is 2.07. The van der Waals surface area contributed by atoms with Crippen LogP contribution in [0.25, 0.3) is 0 Å². The minimum atomic E-state index is -1.57. The van der Waals surface area contributed by atoms with Gasteiger partial charge in [-0.1, -0.05) is 12.1 Å². The van der Waals surface area contributed by atoms with E-state index in [4.69, 9.17) is 10.8 Å². The number of carboxylic acids is 2. The Hall–Kier alpha value is -1.95. The molecule has 0 amide bonds. The van der Waals surface area contributed by atoms with Crippen LogP contribution in [0.2, 0.25) is 0 Å². The monoisotopic (exact) mass is 281 g/mol. The Kier molecular flexibility index (Phi) is 3.76. The topological polar surface area (TPSA) is 101 Å². The summed E-state index contributed by atoms with van der Waals surface area (Å²) in [5, 5.41) is 18.2. The SMILES string of the molecule is N[C@@](CCc1cccc(F)c1)(C(=O)O)C1C[C@@H]1C(=O)O. The van der Waals surface area contributed by atoms with Gasteiger partial charge >= 0.3 is 11.9 Å². The second-order valence-electron chi connectivity index (χ2n) is 5.26. The Bertz CT molecular complexity index is 548. The molecular weight excluding hydrogens is 265 g/mol. The van der Waals surface area contributed by atoms with Gasteiger partial charge in [-0.3, -0.25) is 9.59 Å². The quantitative estimate of drug-likeness (QED) is 0.728. The molecule has 0 saturated heterocycles. The van der Waals surface area contributed by atoms with Crippen LogP contribution in [0.15, 0.2) is 24.3 Å². The predicted octanol–water partition coefficient (Wildman–Crippen LogP) is 1.26. The number of hydrogen-bond donors (Lipinski definition) is 3. The van der Waals surface area contributed by atoms with Crippen molar-refractivity contribution in [2.75, 3.05) is 0 Å². The van der Waals surface area contributed by atoms with Gasteiger partial charge in [0.15, 0.2) is 0 Å². The number of carboxylic acid groups (broad SMARTS) is 2. The van der Waals surface area contributed by atoms with Gasteiger partial charge in [0.25, 0.3) is 0 Å². The van der Waals surface area contributed by atoms with Gasteiger partial charge in [0.2, 0.25) is 0 Å². The predicted molar refractivity (Wildman–Crippen MR) is 68.5 cm³/mol. The molecule has 0 heterocycles. The summed E-state index contributed by atoms with van der Waals surface area (Å²) in [4.78, 5) is 22.2. The fourth-order valence-corrected chi connectivity index (χ4v) is 2.53. The number of aryl methyl sites for hydroxylation is 1. The third kappa shape index (κ3) is 2.80. The highest BCUT2D eigenvalue weighted by atomic mass is 19.1. The summed E-state index contributed by atoms with van der Waals surface area (Å²) in [6.45, 7) is 0. The maximum absolute atomic E-state index is 13.1. The molecule has 1 aliphatic rings. The van der Waals surface area contributed by atoms with E-state index in [1.165, 1.54) is 12.1 Å². The maximum atomic E-state index is 13.1. The van der Waals surface area contributed by atoms with Gasteiger partial charge in [0.05, 0.1) is 5.92 Å². The van der Waals surface area contributed by atoms with Crippen molar-refractivity contribution < 1.29 is 24.2 Å². The number of aliphatic carboxylic acids is 2. The minimum absolute atomic E-state index is 0.0836. The van der Waals surface area contributed by atoms with Crippen molar-refractivity contribution in [1.29, 1.82) is 0 Å². The fraction of sp³-hybridized carbons (Fsp3) is 0.429. The van der Waals surface area contributed by atoms with E-state index in [1.54, 1.807) is 12.1 Å². The standard InChI is InChI=1S/C14H16FNO4/c15-9-3-1-2-8(6-9)4-5-14(16,13(19)20)11-7-10(11)12(17)18/h1-3,6,10-11H,4-5,7,16H2,(H,17,18)(H,19,20)/t10-,11?,14+/m0/s1. The molecule has 1 aromatic rings. The van der Waals surface area contributed by atoms with Gasteiger partial charge in [-0.25, -0.2) is 4.39 Å². The summed E-state index contributed by atoms with van der Waals surface area (Å²) >= 11 is 0. The van der Waals surface area contributed by atoms with Gasteiger partial charge in [0, 0.05) is 5.92 Å². The molecule has 0 radical (unpaired) electrons. The normalized spacial score (nSPS) is 23.9. The molecule has 0 spiro atoms. The summed E-state index contributed by atoms with van der Waals surface area (Å²) in [5.41, 5.74) is 4.98. The highest BCUT2D eigenvalue weighted by Gasteiger charge is 2.57. The van der Waals surface area contributed by atoms with Crippen LogP contribution in [0.5, 0.6) is 0 Å². The lowest BCUT2D eigenvalue weighted by molar-refractivity contribution is -0.145. The molecule has 1 fully saturated rings. The first-order valence-electron chi connectivity index (χ1n) is 6.34. The van der Waals surface area contributed by atoms with Crippen LogP contribution in [0.3, 0.4) is 0 Å². The molecule has 20 heavy (non-hydrogen) atoms. The molecule has 2 rings (SSSR count). The molecule has 1 aromatic carbocycles. The van der Waals surface area contributed by atoms with Gasteiger partial charge in [-0.05, 0) is 37.0 Å². The van der Waals surface area contributed by atoms with Crippen molar-refractivity contribution in [3.8, 4) is 0 Å². The van der Waals surface area contributed by atoms with E-state index in [9.17, 15) is 19.1 Å². The average Bonchev–Trinajstić information content (AvgIpc) is 3.16. The van der Waals surface area contributed by atoms with Crippen molar-refractivity contribution in [2.45, 2.75) is 24.8 Å². The number of carbonyl (C=O) groups is 2. The van der Waals surface area contributed by atoms with Crippen LogP contribution in [0.4, 0.5) is 4.39 Å². The van der Waals surface area contributed by atoms with Crippen molar-refractivity contribution >= 4 is 11.9 Å². The van der Waals surface area contributed by atoms with E-state index >= 15 is 0 Å². The molecule has 1 unspecified atom stereocenters. The van der Waals surface area contributed by atoms with Crippen molar-refractivity contribution in [3.05, 3.63) is 35.6 Å². The summed E-state index contributed by atoms with van der Waals surface area (Å²) in [5.74, 6) is -3.87. The third-order valence-corrected chi connectivity index (χ3v) is 3.88. The van der Waals surface area contributed by atoms with Crippen molar-refractivity contribution in [2.24, 2.45) is 17.6 Å². The van der Waals surface area contributed by atoms with Crippen molar-refractivity contribution in [3.63, 3.8) is 0 Å². The first-order chi connectivity index (χ1) is 9.34. The lowest BCUT2D eigenvalue weighted by Crippen LogP contribution is -2.51. The summed E-state index contributed by atoms with van der Waals surface area (Å²) < 4.78 is 13.1. The lowest BCUT2D eigenvalue weighted by atomic mass is 9.86. The summed E-state index contributed by atoms with van der Waals surface area (Å²) in [7, 11) is 0. The van der Waals surface area contributed by atoms with Crippen LogP contribution < -0.4 is 5.73 Å². The highest BCUT2D eigenvalue weighted by molar-refractivity contribution is 5.83. The first-order valence-corrected chi connectivity index (χ1v) is 6.34. The molecule has 3 atom stereocenters. The Morgan fingerprint density at radius 3 is 2.60 bits per heavy atom. The van der Waals surface area contributed by atoms with Gasteiger partial charge in [-0.15, -0.1) is 0 Å². The largest absolute Gasteiger partial charge is 0.481 e. The third-order valence-electron chi connectivity index (χ3n) is 3.88. The Labute approximate surface area is 115 Å². The smallest absolute Gasteiger partial charge is 0.324 e. The number of nitrogens with two attached hydrogens (primary N) is 1. The molecule has 5 nitrogen and oxygen atoms in total. The van der Waals surface area contributed by atoms with Crippen LogP contribution in [-0.2, 0) is 16.0 Å². The second-order valence-corrected chi connectivity index (χ2v) is 5.26. The fourth-order valence-electron chi connectivity index (χ4n) is 2.53. The maximum Gasteiger partial charge on any atom is 0.324 e. The number of rotatable bonds is 6. The molecule has 1 aliphatic carbocycles. The highest BCUT2D eigenvalue weighted by Crippen LogP contribution is 2.47. The van der Waals surface area contributed by atoms with E-state index in [2.05, 4.69) is 0 Å². The van der Waals surface area contributed by atoms with Gasteiger partial charge in [-0.2, -0.15) is 0 Å². The lowest BCUT2D eigenvalue weighted by Gasteiger charge is -2.25. The van der Waals surface area contributed by atoms with Crippen LogP contribution in [0.1, 0.15) is 18.4 Å². The van der Waals surface area contributed by atoms with Gasteiger partial charge in [0.1, 0.15) is 11.4 Å². The molecule has 6 heteroatoms. The number of benzene rings is 1. The summed E-state index contributed by atoms with van der Waals surface area (Å²) in [6.07, 6.45) is 0.658. The first kappa shape index (κ1) is 14.5. The van der Waals surface area contributed by atoms with Crippen LogP contribution >= 0.6 is 0 Å². The molecule has 0 bridgehead atoms. The molecule has 0 aromatic heterocycles. The van der Waals surface area contributed by atoms with E-state index in [0.717, 1.165) is 0 Å². The zero-order valence-corrected chi connectivity index (χ0v) is 10.8. The molecule has 1 saturated carbocycles. The van der Waals surface area contributed by atoms with Crippen LogP contribution in [0, 0.1) is 17.7 Å². The zero-order valence-electron chi connectivity index (χ0n) is 10.8. The van der Waals surface area contributed by atoms with E-state index < -0.39 is 35.1 Å². The number of halogens is 1. The van der Waals surface area contributed by atoms with E-state index in [1.807, 2.05) is 0 Å². The minimum Gasteiger partial charge on any atom is -0.481 e. The molecule has 108 valence electrons. The Morgan fingerprint density at radius 1 is 1.40 bits per heavy atom. The molecule has 4 N–H and O–H groups in total. The van der Waals surface area contributed by atoms with E-state index in [0.29, 0.717) is 12.0 Å². The average molecular weight is 281 g/mol. The molecular formula is C14H16FNO4. The van der Waals surface area contributed by atoms with Crippen LogP contribution in [-0.4, -0.2) is 27.7 Å². The molecule has 0 aliphatic heterocycles. The van der Waals surface area contributed by atoms with Gasteiger partial charge < -0.3 is 15.9 Å². The Morgan fingerprint density at radius 2 is 2.10 bits per heavy atom.